The molecule has 0 heterocycles. The van der Waals surface area contributed by atoms with Crippen LogP contribution in [0.2, 0.25) is 0 Å². The van der Waals surface area contributed by atoms with E-state index in [0.29, 0.717) is 12.8 Å². The highest BCUT2D eigenvalue weighted by Gasteiger charge is 2.45. The molecule has 18 heavy (non-hydrogen) atoms. The molecule has 2 rings (SSSR count). The zero-order valence-electron chi connectivity index (χ0n) is 10.8. The molecule has 0 aromatic heterocycles. The first-order valence-corrected chi connectivity index (χ1v) is 6.21. The highest BCUT2D eigenvalue weighted by atomic mass is 16.5. The minimum atomic E-state index is -0.758. The Hall–Kier alpha value is -1.71. The molecule has 0 spiro atoms. The second-order valence-corrected chi connectivity index (χ2v) is 4.80. The van der Waals surface area contributed by atoms with Crippen molar-refractivity contribution in [3.63, 3.8) is 0 Å². The number of methoxy groups -OCH3 is 1. The molecule has 0 saturated heterocycles. The number of nitrogens with zero attached hydrogens (tertiary/aromatic N) is 1. The number of ether oxygens (including phenoxy) is 1. The molecule has 0 amide bonds. The number of hydrogen-bond donors (Lipinski definition) is 1. The van der Waals surface area contributed by atoms with Gasteiger partial charge in [0.1, 0.15) is 11.3 Å². The zero-order valence-corrected chi connectivity index (χ0v) is 10.8. The normalized spacial score (nSPS) is 17.4. The van der Waals surface area contributed by atoms with E-state index in [0.717, 1.165) is 24.3 Å². The van der Waals surface area contributed by atoms with Crippen LogP contribution in [0.15, 0.2) is 24.3 Å². The average molecular weight is 249 g/mol. The Labute approximate surface area is 107 Å². The molecule has 1 saturated carbocycles. The molecule has 0 atom stereocenters. The van der Waals surface area contributed by atoms with E-state index in [1.54, 1.807) is 7.11 Å². The third-order valence-electron chi connectivity index (χ3n) is 3.91. The largest absolute Gasteiger partial charge is 0.497 e. The van der Waals surface area contributed by atoms with Crippen LogP contribution in [0.3, 0.4) is 0 Å². The van der Waals surface area contributed by atoms with Crippen molar-refractivity contribution in [1.29, 1.82) is 0 Å². The molecular formula is C14H19NO3. The number of benzene rings is 1. The molecule has 0 radical (unpaired) electrons. The van der Waals surface area contributed by atoms with Crippen molar-refractivity contribution in [2.24, 2.45) is 0 Å². The van der Waals surface area contributed by atoms with E-state index >= 15 is 0 Å². The summed E-state index contributed by atoms with van der Waals surface area (Å²) < 4.78 is 5.19. The van der Waals surface area contributed by atoms with E-state index in [4.69, 9.17) is 4.74 Å². The molecule has 1 aromatic carbocycles. The fourth-order valence-electron chi connectivity index (χ4n) is 2.72. The number of rotatable bonds is 4. The SMILES string of the molecule is COc1cccc(N(C)C2(C(=O)O)CCCC2)c1. The van der Waals surface area contributed by atoms with Gasteiger partial charge in [-0.15, -0.1) is 0 Å². The second-order valence-electron chi connectivity index (χ2n) is 4.80. The van der Waals surface area contributed by atoms with Crippen LogP contribution in [0.25, 0.3) is 0 Å². The fourth-order valence-corrected chi connectivity index (χ4v) is 2.72. The maximum absolute atomic E-state index is 11.6. The van der Waals surface area contributed by atoms with Crippen LogP contribution >= 0.6 is 0 Å². The van der Waals surface area contributed by atoms with E-state index < -0.39 is 11.5 Å². The van der Waals surface area contributed by atoms with Gasteiger partial charge in [0, 0.05) is 18.8 Å². The molecular weight excluding hydrogens is 230 g/mol. The van der Waals surface area contributed by atoms with Crippen LogP contribution < -0.4 is 9.64 Å². The molecule has 1 aliphatic rings. The summed E-state index contributed by atoms with van der Waals surface area (Å²) in [5, 5.41) is 9.55. The van der Waals surface area contributed by atoms with Gasteiger partial charge in [-0.3, -0.25) is 0 Å². The van der Waals surface area contributed by atoms with Crippen molar-refractivity contribution in [2.45, 2.75) is 31.2 Å². The second kappa shape index (κ2) is 4.88. The van der Waals surface area contributed by atoms with E-state index in [9.17, 15) is 9.90 Å². The Morgan fingerprint density at radius 2 is 2.06 bits per heavy atom. The monoisotopic (exact) mass is 249 g/mol. The molecule has 1 fully saturated rings. The summed E-state index contributed by atoms with van der Waals surface area (Å²) in [6.07, 6.45) is 3.35. The van der Waals surface area contributed by atoms with Crippen molar-refractivity contribution < 1.29 is 14.6 Å². The van der Waals surface area contributed by atoms with Gasteiger partial charge in [0.25, 0.3) is 0 Å². The zero-order chi connectivity index (χ0) is 13.2. The number of carboxylic acid groups (broad SMARTS) is 1. The molecule has 98 valence electrons. The Kier molecular flexibility index (Phi) is 3.45. The van der Waals surface area contributed by atoms with Crippen molar-refractivity contribution in [3.8, 4) is 5.75 Å². The molecule has 0 bridgehead atoms. The van der Waals surface area contributed by atoms with E-state index in [-0.39, 0.29) is 0 Å². The molecule has 4 heteroatoms. The summed E-state index contributed by atoms with van der Waals surface area (Å²) in [6, 6.07) is 7.54. The molecule has 4 nitrogen and oxygen atoms in total. The minimum Gasteiger partial charge on any atom is -0.497 e. The quantitative estimate of drug-likeness (QED) is 0.890. The van der Waals surface area contributed by atoms with Crippen LogP contribution in [0.1, 0.15) is 25.7 Å². The van der Waals surface area contributed by atoms with Gasteiger partial charge < -0.3 is 14.7 Å². The predicted molar refractivity (Wildman–Crippen MR) is 70.2 cm³/mol. The number of likely N-dealkylation sites (N-methyl/N-ethyl adjacent to an activating group) is 1. The topological polar surface area (TPSA) is 49.8 Å². The van der Waals surface area contributed by atoms with Crippen LogP contribution in [-0.4, -0.2) is 30.8 Å². The first-order valence-electron chi connectivity index (χ1n) is 6.21. The summed E-state index contributed by atoms with van der Waals surface area (Å²) in [4.78, 5) is 13.5. The highest BCUT2D eigenvalue weighted by Crippen LogP contribution is 2.38. The smallest absolute Gasteiger partial charge is 0.329 e. The molecule has 1 N–H and O–H groups in total. The van der Waals surface area contributed by atoms with Gasteiger partial charge >= 0.3 is 5.97 Å². The van der Waals surface area contributed by atoms with Gasteiger partial charge in [0.05, 0.1) is 7.11 Å². The summed E-state index contributed by atoms with van der Waals surface area (Å²) in [7, 11) is 3.47. The third-order valence-corrected chi connectivity index (χ3v) is 3.91. The van der Waals surface area contributed by atoms with Crippen molar-refractivity contribution in [3.05, 3.63) is 24.3 Å². The van der Waals surface area contributed by atoms with Crippen LogP contribution in [0.4, 0.5) is 5.69 Å². The van der Waals surface area contributed by atoms with Crippen LogP contribution in [0.5, 0.6) is 5.75 Å². The third kappa shape index (κ3) is 2.03. The average Bonchev–Trinajstić information content (AvgIpc) is 2.88. The van der Waals surface area contributed by atoms with Gasteiger partial charge in [0.15, 0.2) is 0 Å². The minimum absolute atomic E-state index is 0.704. The van der Waals surface area contributed by atoms with E-state index in [1.807, 2.05) is 36.2 Å². The Balaban J connectivity index is 2.33. The summed E-state index contributed by atoms with van der Waals surface area (Å²) in [6.45, 7) is 0. The number of carbonyl (C=O) groups is 1. The van der Waals surface area contributed by atoms with Gasteiger partial charge in [-0.25, -0.2) is 4.79 Å². The molecule has 1 aliphatic carbocycles. The Morgan fingerprint density at radius 3 is 2.61 bits per heavy atom. The first kappa shape index (κ1) is 12.7. The van der Waals surface area contributed by atoms with Crippen LogP contribution in [-0.2, 0) is 4.79 Å². The van der Waals surface area contributed by atoms with E-state index in [1.165, 1.54) is 0 Å². The lowest BCUT2D eigenvalue weighted by atomic mass is 9.95. The van der Waals surface area contributed by atoms with E-state index in [2.05, 4.69) is 0 Å². The summed E-state index contributed by atoms with van der Waals surface area (Å²) >= 11 is 0. The highest BCUT2D eigenvalue weighted by molar-refractivity contribution is 5.84. The van der Waals surface area contributed by atoms with Crippen molar-refractivity contribution in [1.82, 2.24) is 0 Å². The van der Waals surface area contributed by atoms with Crippen molar-refractivity contribution in [2.75, 3.05) is 19.1 Å². The van der Waals surface area contributed by atoms with Crippen LogP contribution in [0, 0.1) is 0 Å². The number of carboxylic acids is 1. The standard InChI is InChI=1S/C14H19NO3/c1-15(11-6-5-7-12(10-11)18-2)14(13(16)17)8-3-4-9-14/h5-7,10H,3-4,8-9H2,1-2H3,(H,16,17). The van der Waals surface area contributed by atoms with Gasteiger partial charge in [-0.1, -0.05) is 18.9 Å². The predicted octanol–water partition coefficient (Wildman–Crippen LogP) is 2.53. The summed E-state index contributed by atoms with van der Waals surface area (Å²) in [5.41, 5.74) is 0.130. The lowest BCUT2D eigenvalue weighted by molar-refractivity contribution is -0.143. The Morgan fingerprint density at radius 1 is 1.39 bits per heavy atom. The molecule has 0 aliphatic heterocycles. The maximum atomic E-state index is 11.6. The summed E-state index contributed by atoms with van der Waals surface area (Å²) in [5.74, 6) is 0.0169. The number of anilines is 1. The number of aliphatic carboxylic acids is 1. The Bertz CT molecular complexity index is 438. The lowest BCUT2D eigenvalue weighted by Gasteiger charge is -2.36. The van der Waals surface area contributed by atoms with Crippen molar-refractivity contribution >= 4 is 11.7 Å². The number of hydrogen-bond acceptors (Lipinski definition) is 3. The fraction of sp³-hybridized carbons (Fsp3) is 0.500. The van der Waals surface area contributed by atoms with Gasteiger partial charge in [-0.05, 0) is 25.0 Å². The lowest BCUT2D eigenvalue weighted by Crippen LogP contribution is -2.51. The maximum Gasteiger partial charge on any atom is 0.329 e. The van der Waals surface area contributed by atoms with Gasteiger partial charge in [-0.2, -0.15) is 0 Å². The molecule has 0 unspecified atom stereocenters. The molecule has 1 aromatic rings. The van der Waals surface area contributed by atoms with Gasteiger partial charge in [0.2, 0.25) is 0 Å². The first-order chi connectivity index (χ1) is 8.60.